The van der Waals surface area contributed by atoms with Crippen LogP contribution >= 0.6 is 0 Å². The lowest BCUT2D eigenvalue weighted by molar-refractivity contribution is -0.121. The first-order chi connectivity index (χ1) is 11.3. The van der Waals surface area contributed by atoms with E-state index in [9.17, 15) is 4.79 Å². The number of carbonyl (C=O) groups excluding carboxylic acids is 1. The Kier molecular flexibility index (Phi) is 18.9. The van der Waals surface area contributed by atoms with E-state index in [0.717, 1.165) is 32.6 Å². The summed E-state index contributed by atoms with van der Waals surface area (Å²) in [7, 11) is 1.93. The second-order valence-corrected chi connectivity index (χ2v) is 6.49. The maximum Gasteiger partial charge on any atom is 0.221 e. The molecule has 0 aromatic rings. The largest absolute Gasteiger partial charge is 0.356 e. The molecule has 4 heteroatoms. The van der Waals surface area contributed by atoms with Crippen LogP contribution in [0.15, 0.2) is 0 Å². The molecular formula is C19H41N3O. The molecule has 0 saturated carbocycles. The van der Waals surface area contributed by atoms with E-state index in [2.05, 4.69) is 22.9 Å². The van der Waals surface area contributed by atoms with Crippen LogP contribution in [0, 0.1) is 0 Å². The summed E-state index contributed by atoms with van der Waals surface area (Å²) >= 11 is 0. The van der Waals surface area contributed by atoms with Gasteiger partial charge < -0.3 is 16.0 Å². The molecule has 0 aromatic heterocycles. The van der Waals surface area contributed by atoms with Crippen molar-refractivity contribution in [2.24, 2.45) is 0 Å². The molecule has 0 heterocycles. The molecule has 1 amide bonds. The third-order valence-electron chi connectivity index (χ3n) is 4.18. The molecule has 4 nitrogen and oxygen atoms in total. The van der Waals surface area contributed by atoms with Gasteiger partial charge in [-0.05, 0) is 13.5 Å². The van der Waals surface area contributed by atoms with Crippen LogP contribution in [-0.2, 0) is 4.79 Å². The van der Waals surface area contributed by atoms with Crippen LogP contribution in [0.3, 0.4) is 0 Å². The zero-order valence-electron chi connectivity index (χ0n) is 15.7. The SMILES string of the molecule is CCCCCCCCCCCCCNC(=O)CCNCCNC. The van der Waals surface area contributed by atoms with Crippen LogP contribution in [0.2, 0.25) is 0 Å². The third kappa shape index (κ3) is 19.3. The molecular weight excluding hydrogens is 286 g/mol. The molecule has 0 spiro atoms. The highest BCUT2D eigenvalue weighted by Gasteiger charge is 1.99. The van der Waals surface area contributed by atoms with Gasteiger partial charge in [0.15, 0.2) is 0 Å². The van der Waals surface area contributed by atoms with Crippen LogP contribution in [0.25, 0.3) is 0 Å². The van der Waals surface area contributed by atoms with Gasteiger partial charge in [-0.25, -0.2) is 0 Å². The first-order valence-corrected chi connectivity index (χ1v) is 9.93. The van der Waals surface area contributed by atoms with Crippen molar-refractivity contribution in [3.63, 3.8) is 0 Å². The molecule has 0 aromatic carbocycles. The Morgan fingerprint density at radius 2 is 1.26 bits per heavy atom. The second-order valence-electron chi connectivity index (χ2n) is 6.49. The van der Waals surface area contributed by atoms with E-state index in [1.807, 2.05) is 7.05 Å². The average Bonchev–Trinajstić information content (AvgIpc) is 2.55. The Bertz CT molecular complexity index is 247. The van der Waals surface area contributed by atoms with E-state index >= 15 is 0 Å². The van der Waals surface area contributed by atoms with Gasteiger partial charge >= 0.3 is 0 Å². The molecule has 3 N–H and O–H groups in total. The summed E-state index contributed by atoms with van der Waals surface area (Å²) in [4.78, 5) is 11.6. The van der Waals surface area contributed by atoms with Gasteiger partial charge in [0.2, 0.25) is 5.91 Å². The minimum Gasteiger partial charge on any atom is -0.356 e. The number of likely N-dealkylation sites (N-methyl/N-ethyl adjacent to an activating group) is 1. The van der Waals surface area contributed by atoms with Gasteiger partial charge in [-0.2, -0.15) is 0 Å². The number of hydrogen-bond donors (Lipinski definition) is 3. The van der Waals surface area contributed by atoms with Gasteiger partial charge in [0.05, 0.1) is 0 Å². The molecule has 0 saturated heterocycles. The summed E-state index contributed by atoms with van der Waals surface area (Å²) < 4.78 is 0. The highest BCUT2D eigenvalue weighted by atomic mass is 16.1. The van der Waals surface area contributed by atoms with Crippen LogP contribution in [0.1, 0.15) is 84.0 Å². The highest BCUT2D eigenvalue weighted by Crippen LogP contribution is 2.10. The molecule has 0 unspecified atom stereocenters. The average molecular weight is 328 g/mol. The predicted molar refractivity (Wildman–Crippen MR) is 101 cm³/mol. The number of rotatable bonds is 18. The predicted octanol–water partition coefficient (Wildman–Crippen LogP) is 3.61. The lowest BCUT2D eigenvalue weighted by Crippen LogP contribution is -2.31. The molecule has 0 aliphatic rings. The second kappa shape index (κ2) is 19.4. The number of carbonyl (C=O) groups is 1. The van der Waals surface area contributed by atoms with Crippen molar-refractivity contribution >= 4 is 5.91 Å². The van der Waals surface area contributed by atoms with Gasteiger partial charge in [0, 0.05) is 32.6 Å². The Labute approximate surface area is 144 Å². The molecule has 0 aliphatic carbocycles. The van der Waals surface area contributed by atoms with Gasteiger partial charge in [-0.15, -0.1) is 0 Å². The molecule has 0 fully saturated rings. The monoisotopic (exact) mass is 327 g/mol. The summed E-state index contributed by atoms with van der Waals surface area (Å²) in [5.41, 5.74) is 0. The fraction of sp³-hybridized carbons (Fsp3) is 0.947. The van der Waals surface area contributed by atoms with Crippen molar-refractivity contribution in [2.45, 2.75) is 84.0 Å². The van der Waals surface area contributed by atoms with Crippen molar-refractivity contribution < 1.29 is 4.79 Å². The van der Waals surface area contributed by atoms with E-state index in [1.165, 1.54) is 64.2 Å². The Balaban J connectivity index is 3.10. The number of amides is 1. The lowest BCUT2D eigenvalue weighted by atomic mass is 10.1. The molecule has 0 rings (SSSR count). The van der Waals surface area contributed by atoms with Gasteiger partial charge in [-0.3, -0.25) is 4.79 Å². The normalized spacial score (nSPS) is 10.9. The van der Waals surface area contributed by atoms with Gasteiger partial charge in [0.25, 0.3) is 0 Å². The Hall–Kier alpha value is -0.610. The van der Waals surface area contributed by atoms with Crippen LogP contribution < -0.4 is 16.0 Å². The Morgan fingerprint density at radius 1 is 0.696 bits per heavy atom. The fourth-order valence-corrected chi connectivity index (χ4v) is 2.65. The molecule has 0 bridgehead atoms. The number of unbranched alkanes of at least 4 members (excludes halogenated alkanes) is 10. The highest BCUT2D eigenvalue weighted by molar-refractivity contribution is 5.75. The molecule has 0 aliphatic heterocycles. The van der Waals surface area contributed by atoms with Crippen molar-refractivity contribution in [1.82, 2.24) is 16.0 Å². The van der Waals surface area contributed by atoms with E-state index < -0.39 is 0 Å². The zero-order chi connectivity index (χ0) is 17.0. The quantitative estimate of drug-likeness (QED) is 0.337. The van der Waals surface area contributed by atoms with Crippen LogP contribution in [0.4, 0.5) is 0 Å². The molecule has 23 heavy (non-hydrogen) atoms. The zero-order valence-corrected chi connectivity index (χ0v) is 15.7. The Morgan fingerprint density at radius 3 is 1.83 bits per heavy atom. The number of nitrogens with one attached hydrogen (secondary N) is 3. The first kappa shape index (κ1) is 22.4. The standard InChI is InChI=1S/C19H41N3O/c1-3-4-5-6-7-8-9-10-11-12-13-15-22-19(23)14-16-21-18-17-20-2/h20-21H,3-18H2,1-2H3,(H,22,23). The molecule has 0 radical (unpaired) electrons. The van der Waals surface area contributed by atoms with Crippen molar-refractivity contribution in [1.29, 1.82) is 0 Å². The minimum atomic E-state index is 0.175. The lowest BCUT2D eigenvalue weighted by Gasteiger charge is -2.06. The number of hydrogen-bond acceptors (Lipinski definition) is 3. The van der Waals surface area contributed by atoms with Crippen molar-refractivity contribution in [3.8, 4) is 0 Å². The van der Waals surface area contributed by atoms with Crippen molar-refractivity contribution in [3.05, 3.63) is 0 Å². The third-order valence-corrected chi connectivity index (χ3v) is 4.18. The van der Waals surface area contributed by atoms with E-state index in [1.54, 1.807) is 0 Å². The first-order valence-electron chi connectivity index (χ1n) is 9.93. The molecule has 0 atom stereocenters. The van der Waals surface area contributed by atoms with E-state index in [4.69, 9.17) is 0 Å². The van der Waals surface area contributed by atoms with Gasteiger partial charge in [-0.1, -0.05) is 71.1 Å². The minimum absolute atomic E-state index is 0.175. The maximum atomic E-state index is 11.6. The summed E-state index contributed by atoms with van der Waals surface area (Å²) in [6.07, 6.45) is 15.4. The summed E-state index contributed by atoms with van der Waals surface area (Å²) in [5.74, 6) is 0.175. The summed E-state index contributed by atoms with van der Waals surface area (Å²) in [6, 6.07) is 0. The molecule has 138 valence electrons. The van der Waals surface area contributed by atoms with E-state index in [0.29, 0.717) is 6.42 Å². The summed E-state index contributed by atoms with van der Waals surface area (Å²) in [5, 5.41) is 9.32. The van der Waals surface area contributed by atoms with Crippen molar-refractivity contribution in [2.75, 3.05) is 33.2 Å². The van der Waals surface area contributed by atoms with Crippen LogP contribution in [-0.4, -0.2) is 39.1 Å². The summed E-state index contributed by atoms with van der Waals surface area (Å²) in [6.45, 7) is 5.74. The topological polar surface area (TPSA) is 53.2 Å². The van der Waals surface area contributed by atoms with E-state index in [-0.39, 0.29) is 5.91 Å². The fourth-order valence-electron chi connectivity index (χ4n) is 2.65. The maximum absolute atomic E-state index is 11.6. The van der Waals surface area contributed by atoms with Gasteiger partial charge in [0.1, 0.15) is 0 Å². The van der Waals surface area contributed by atoms with Crippen LogP contribution in [0.5, 0.6) is 0 Å². The smallest absolute Gasteiger partial charge is 0.221 e.